The van der Waals surface area contributed by atoms with Gasteiger partial charge in [-0.2, -0.15) is 0 Å². The number of halogens is 1. The Bertz CT molecular complexity index is 433. The van der Waals surface area contributed by atoms with Crippen LogP contribution in [0.2, 0.25) is 0 Å². The smallest absolute Gasteiger partial charge is 0.240 e. The fraction of sp³-hybridized carbons (Fsp3) is 0.562. The first-order valence-electron chi connectivity index (χ1n) is 7.32. The molecule has 5 heteroatoms. The maximum atomic E-state index is 12.1. The average Bonchev–Trinajstić information content (AvgIpc) is 2.88. The number of hydrogen-bond donors (Lipinski definition) is 2. The van der Waals surface area contributed by atoms with Crippen molar-refractivity contribution in [1.29, 1.82) is 0 Å². The van der Waals surface area contributed by atoms with Crippen LogP contribution in [0.3, 0.4) is 0 Å². The van der Waals surface area contributed by atoms with E-state index in [1.807, 2.05) is 37.3 Å². The maximum absolute atomic E-state index is 12.1. The molecule has 1 aromatic carbocycles. The Balaban J connectivity index is 0.00000220. The summed E-state index contributed by atoms with van der Waals surface area (Å²) in [6.45, 7) is 3.01. The average molecular weight is 313 g/mol. The summed E-state index contributed by atoms with van der Waals surface area (Å²) in [6.07, 6.45) is 3.67. The first-order chi connectivity index (χ1) is 9.60. The number of carbonyl (C=O) groups excluding carboxylic acids is 1. The van der Waals surface area contributed by atoms with E-state index in [1.54, 1.807) is 0 Å². The SMILES string of the molecule is CC(COCc1ccccc1)NC(=O)C1(N)CCCC1.Cl. The van der Waals surface area contributed by atoms with Crippen LogP contribution in [-0.4, -0.2) is 24.1 Å². The molecule has 3 N–H and O–H groups in total. The number of ether oxygens (including phenoxy) is 1. The van der Waals surface area contributed by atoms with Gasteiger partial charge in [0.1, 0.15) is 0 Å². The van der Waals surface area contributed by atoms with Crippen molar-refractivity contribution in [1.82, 2.24) is 5.32 Å². The number of nitrogens with two attached hydrogens (primary N) is 1. The molecule has 1 aromatic rings. The number of benzene rings is 1. The van der Waals surface area contributed by atoms with E-state index in [1.165, 1.54) is 0 Å². The van der Waals surface area contributed by atoms with Gasteiger partial charge in [-0.15, -0.1) is 12.4 Å². The molecule has 0 heterocycles. The number of nitrogens with one attached hydrogen (secondary N) is 1. The van der Waals surface area contributed by atoms with Gasteiger partial charge in [-0.25, -0.2) is 0 Å². The van der Waals surface area contributed by atoms with Gasteiger partial charge in [0.2, 0.25) is 5.91 Å². The lowest BCUT2D eigenvalue weighted by Gasteiger charge is -2.25. The first-order valence-corrected chi connectivity index (χ1v) is 7.32. The molecule has 4 nitrogen and oxygen atoms in total. The zero-order valence-corrected chi connectivity index (χ0v) is 13.3. The summed E-state index contributed by atoms with van der Waals surface area (Å²) >= 11 is 0. The van der Waals surface area contributed by atoms with E-state index in [2.05, 4.69) is 5.32 Å². The molecule has 1 fully saturated rings. The molecule has 1 amide bonds. The van der Waals surface area contributed by atoms with Gasteiger partial charge >= 0.3 is 0 Å². The summed E-state index contributed by atoms with van der Waals surface area (Å²) < 4.78 is 5.62. The zero-order chi connectivity index (χ0) is 14.4. The molecule has 1 saturated carbocycles. The lowest BCUT2D eigenvalue weighted by Crippen LogP contribution is -2.54. The van der Waals surface area contributed by atoms with Gasteiger partial charge in [0.05, 0.1) is 18.8 Å². The van der Waals surface area contributed by atoms with Gasteiger partial charge < -0.3 is 15.8 Å². The second kappa shape index (κ2) is 8.37. The molecule has 1 aliphatic rings. The van der Waals surface area contributed by atoms with Gasteiger partial charge in [0.25, 0.3) is 0 Å². The highest BCUT2D eigenvalue weighted by Gasteiger charge is 2.37. The third-order valence-electron chi connectivity index (χ3n) is 3.80. The largest absolute Gasteiger partial charge is 0.375 e. The molecule has 0 radical (unpaired) electrons. The summed E-state index contributed by atoms with van der Waals surface area (Å²) in [5.41, 5.74) is 6.59. The highest BCUT2D eigenvalue weighted by atomic mass is 35.5. The zero-order valence-electron chi connectivity index (χ0n) is 12.5. The van der Waals surface area contributed by atoms with E-state index < -0.39 is 5.54 Å². The Labute approximate surface area is 132 Å². The Morgan fingerprint density at radius 1 is 1.33 bits per heavy atom. The van der Waals surface area contributed by atoms with Crippen LogP contribution in [-0.2, 0) is 16.1 Å². The van der Waals surface area contributed by atoms with E-state index in [9.17, 15) is 4.79 Å². The van der Waals surface area contributed by atoms with E-state index in [0.717, 1.165) is 31.2 Å². The van der Waals surface area contributed by atoms with Crippen molar-refractivity contribution in [3.05, 3.63) is 35.9 Å². The van der Waals surface area contributed by atoms with Crippen molar-refractivity contribution < 1.29 is 9.53 Å². The molecular formula is C16H25ClN2O2. The molecule has 1 unspecified atom stereocenters. The fourth-order valence-electron chi connectivity index (χ4n) is 2.57. The van der Waals surface area contributed by atoms with E-state index in [4.69, 9.17) is 10.5 Å². The number of hydrogen-bond acceptors (Lipinski definition) is 3. The lowest BCUT2D eigenvalue weighted by molar-refractivity contribution is -0.127. The van der Waals surface area contributed by atoms with Crippen molar-refractivity contribution in [2.75, 3.05) is 6.61 Å². The third-order valence-corrected chi connectivity index (χ3v) is 3.80. The van der Waals surface area contributed by atoms with Crippen molar-refractivity contribution in [2.45, 2.75) is 50.8 Å². The third kappa shape index (κ3) is 5.30. The topological polar surface area (TPSA) is 64.3 Å². The lowest BCUT2D eigenvalue weighted by atomic mass is 9.98. The summed E-state index contributed by atoms with van der Waals surface area (Å²) in [4.78, 5) is 12.1. The molecule has 1 atom stereocenters. The monoisotopic (exact) mass is 312 g/mol. The fourth-order valence-corrected chi connectivity index (χ4v) is 2.57. The van der Waals surface area contributed by atoms with E-state index >= 15 is 0 Å². The molecule has 1 aliphatic carbocycles. The molecule has 0 bridgehead atoms. The van der Waals surface area contributed by atoms with Crippen molar-refractivity contribution >= 4 is 18.3 Å². The quantitative estimate of drug-likeness (QED) is 0.848. The Kier molecular flexibility index (Phi) is 7.15. The number of carbonyl (C=O) groups is 1. The highest BCUT2D eigenvalue weighted by Crippen LogP contribution is 2.27. The summed E-state index contributed by atoms with van der Waals surface area (Å²) in [7, 11) is 0. The summed E-state index contributed by atoms with van der Waals surface area (Å²) in [6, 6.07) is 9.99. The van der Waals surface area contributed by atoms with Crippen molar-refractivity contribution in [2.24, 2.45) is 5.73 Å². The maximum Gasteiger partial charge on any atom is 0.240 e. The van der Waals surface area contributed by atoms with E-state index in [0.29, 0.717) is 13.2 Å². The van der Waals surface area contributed by atoms with Gasteiger partial charge in [-0.1, -0.05) is 43.2 Å². The predicted molar refractivity (Wildman–Crippen MR) is 86.3 cm³/mol. The van der Waals surface area contributed by atoms with Crippen LogP contribution in [0.4, 0.5) is 0 Å². The highest BCUT2D eigenvalue weighted by molar-refractivity contribution is 5.86. The molecule has 118 valence electrons. The molecule has 21 heavy (non-hydrogen) atoms. The van der Waals surface area contributed by atoms with Crippen LogP contribution < -0.4 is 11.1 Å². The normalized spacial score (nSPS) is 17.8. The Morgan fingerprint density at radius 2 is 1.95 bits per heavy atom. The van der Waals surface area contributed by atoms with E-state index in [-0.39, 0.29) is 24.4 Å². The second-order valence-corrected chi connectivity index (χ2v) is 5.74. The molecule has 0 aromatic heterocycles. The van der Waals surface area contributed by atoms with Crippen LogP contribution in [0.25, 0.3) is 0 Å². The molecular weight excluding hydrogens is 288 g/mol. The molecule has 0 saturated heterocycles. The van der Waals surface area contributed by atoms with Crippen LogP contribution >= 0.6 is 12.4 Å². The minimum atomic E-state index is -0.659. The van der Waals surface area contributed by atoms with Crippen LogP contribution in [0.5, 0.6) is 0 Å². The van der Waals surface area contributed by atoms with Gasteiger partial charge in [-0.05, 0) is 25.3 Å². The Hall–Kier alpha value is -1.10. The summed E-state index contributed by atoms with van der Waals surface area (Å²) in [5.74, 6) is -0.0363. The van der Waals surface area contributed by atoms with Gasteiger partial charge in [0.15, 0.2) is 0 Å². The van der Waals surface area contributed by atoms with Gasteiger partial charge in [-0.3, -0.25) is 4.79 Å². The molecule has 0 aliphatic heterocycles. The second-order valence-electron chi connectivity index (χ2n) is 5.74. The number of amides is 1. The number of rotatable bonds is 6. The van der Waals surface area contributed by atoms with Crippen molar-refractivity contribution in [3.63, 3.8) is 0 Å². The predicted octanol–water partition coefficient (Wildman–Crippen LogP) is 2.40. The van der Waals surface area contributed by atoms with Crippen LogP contribution in [0, 0.1) is 0 Å². The summed E-state index contributed by atoms with van der Waals surface area (Å²) in [5, 5.41) is 2.96. The Morgan fingerprint density at radius 3 is 2.57 bits per heavy atom. The minimum absolute atomic E-state index is 0. The minimum Gasteiger partial charge on any atom is -0.375 e. The molecule has 2 rings (SSSR count). The first kappa shape index (κ1) is 18.0. The molecule has 0 spiro atoms. The van der Waals surface area contributed by atoms with Crippen LogP contribution in [0.15, 0.2) is 30.3 Å². The van der Waals surface area contributed by atoms with Crippen LogP contribution in [0.1, 0.15) is 38.2 Å². The van der Waals surface area contributed by atoms with Gasteiger partial charge in [0, 0.05) is 6.04 Å². The van der Waals surface area contributed by atoms with Crippen molar-refractivity contribution in [3.8, 4) is 0 Å². The standard InChI is InChI=1S/C16H24N2O2.ClH/c1-13(11-20-12-14-7-3-2-4-8-14)18-15(19)16(17)9-5-6-10-16;/h2-4,7-8,13H,5-6,9-12,17H2,1H3,(H,18,19);1H.